The highest BCUT2D eigenvalue weighted by molar-refractivity contribution is 5.91. The highest BCUT2D eigenvalue weighted by Gasteiger charge is 2.39. The van der Waals surface area contributed by atoms with Crippen molar-refractivity contribution in [3.63, 3.8) is 0 Å². The van der Waals surface area contributed by atoms with Gasteiger partial charge in [-0.05, 0) is 38.0 Å². The second-order valence-corrected chi connectivity index (χ2v) is 5.23. The lowest BCUT2D eigenvalue weighted by Gasteiger charge is -2.39. The zero-order chi connectivity index (χ0) is 13.6. The van der Waals surface area contributed by atoms with E-state index >= 15 is 0 Å². The molecule has 5 N–H and O–H groups in total. The van der Waals surface area contributed by atoms with Crippen molar-refractivity contribution in [3.8, 4) is 0 Å². The smallest absolute Gasteiger partial charge is 0.315 e. The molecule has 0 unspecified atom stereocenters. The largest absolute Gasteiger partial charge is 0.386 e. The zero-order valence-corrected chi connectivity index (χ0v) is 11.5. The van der Waals surface area contributed by atoms with Gasteiger partial charge in [-0.2, -0.15) is 0 Å². The van der Waals surface area contributed by atoms with E-state index in [0.717, 1.165) is 38.5 Å². The van der Waals surface area contributed by atoms with Crippen LogP contribution in [0.1, 0.15) is 52.4 Å². The first-order chi connectivity index (χ1) is 8.54. The lowest BCUT2D eigenvalue weighted by molar-refractivity contribution is 0.211. The van der Waals surface area contributed by atoms with Crippen LogP contribution in [-0.2, 0) is 0 Å². The number of hydrogen-bond donors (Lipinski definition) is 4. The van der Waals surface area contributed by atoms with Gasteiger partial charge in [0, 0.05) is 6.54 Å². The molecule has 5 heteroatoms. The number of nitrogens with one attached hydrogen (secondary N) is 3. The fraction of sp³-hybridized carbons (Fsp3) is 0.846. The van der Waals surface area contributed by atoms with Crippen LogP contribution in [0.4, 0.5) is 4.79 Å². The molecular weight excluding hydrogens is 228 g/mol. The molecule has 1 fully saturated rings. The summed E-state index contributed by atoms with van der Waals surface area (Å²) in [7, 11) is 0. The first kappa shape index (κ1) is 14.8. The van der Waals surface area contributed by atoms with Crippen LogP contribution in [0.2, 0.25) is 0 Å². The third kappa shape index (κ3) is 3.62. The first-order valence-corrected chi connectivity index (χ1v) is 6.94. The van der Waals surface area contributed by atoms with Crippen LogP contribution in [0, 0.1) is 11.3 Å². The van der Waals surface area contributed by atoms with Gasteiger partial charge in [-0.25, -0.2) is 4.79 Å². The van der Waals surface area contributed by atoms with Crippen molar-refractivity contribution in [2.75, 3.05) is 6.54 Å². The predicted octanol–water partition coefficient (Wildman–Crippen LogP) is 1.97. The summed E-state index contributed by atoms with van der Waals surface area (Å²) in [5.74, 6) is 0.793. The molecule has 0 saturated heterocycles. The Balaban J connectivity index is 2.60. The second kappa shape index (κ2) is 6.61. The van der Waals surface area contributed by atoms with Crippen molar-refractivity contribution < 1.29 is 4.79 Å². The Morgan fingerprint density at radius 1 is 1.39 bits per heavy atom. The number of carbonyl (C=O) groups excluding carboxylic acids is 1. The van der Waals surface area contributed by atoms with Gasteiger partial charge in [0.2, 0.25) is 0 Å². The Morgan fingerprint density at radius 3 is 2.44 bits per heavy atom. The Kier molecular flexibility index (Phi) is 5.44. The lowest BCUT2D eigenvalue weighted by atomic mass is 9.75. The Bertz CT molecular complexity index is 295. The maximum absolute atomic E-state index is 11.8. The van der Waals surface area contributed by atoms with E-state index in [2.05, 4.69) is 17.6 Å². The fourth-order valence-corrected chi connectivity index (χ4v) is 2.54. The van der Waals surface area contributed by atoms with E-state index in [1.165, 1.54) is 0 Å². The number of carbonyl (C=O) groups is 1. The molecule has 0 atom stereocenters. The van der Waals surface area contributed by atoms with Gasteiger partial charge in [-0.15, -0.1) is 0 Å². The molecule has 1 rings (SSSR count). The normalized spacial score (nSPS) is 27.6. The molecule has 5 nitrogen and oxygen atoms in total. The second-order valence-electron chi connectivity index (χ2n) is 5.23. The SMILES string of the molecule is CCCNC(=O)NC1(C(=N)N)CCC(CC)CC1. The van der Waals surface area contributed by atoms with Crippen LogP contribution in [0.5, 0.6) is 0 Å². The van der Waals surface area contributed by atoms with Gasteiger partial charge < -0.3 is 16.4 Å². The number of amides is 2. The van der Waals surface area contributed by atoms with Gasteiger partial charge in [0.05, 0.1) is 5.54 Å². The summed E-state index contributed by atoms with van der Waals surface area (Å²) in [6.45, 7) is 4.84. The molecule has 0 bridgehead atoms. The standard InChI is InChI=1S/C13H26N4O/c1-3-9-16-12(18)17-13(11(14)15)7-5-10(4-2)6-8-13/h10H,3-9H2,1-2H3,(H3,14,15)(H2,16,17,18). The quantitative estimate of drug-likeness (QED) is 0.446. The van der Waals surface area contributed by atoms with Crippen molar-refractivity contribution in [2.45, 2.75) is 57.9 Å². The van der Waals surface area contributed by atoms with Crippen molar-refractivity contribution in [3.05, 3.63) is 0 Å². The molecule has 0 aliphatic heterocycles. The highest BCUT2D eigenvalue weighted by Crippen LogP contribution is 2.33. The van der Waals surface area contributed by atoms with Gasteiger partial charge in [-0.1, -0.05) is 20.3 Å². The van der Waals surface area contributed by atoms with Gasteiger partial charge in [0.1, 0.15) is 5.84 Å². The van der Waals surface area contributed by atoms with E-state index in [1.54, 1.807) is 0 Å². The van der Waals surface area contributed by atoms with Gasteiger partial charge in [-0.3, -0.25) is 5.41 Å². The molecule has 0 aromatic rings. The number of amidine groups is 1. The van der Waals surface area contributed by atoms with Crippen molar-refractivity contribution >= 4 is 11.9 Å². The molecule has 2 amide bonds. The summed E-state index contributed by atoms with van der Waals surface area (Å²) >= 11 is 0. The van der Waals surface area contributed by atoms with E-state index in [9.17, 15) is 4.79 Å². The molecule has 0 heterocycles. The minimum atomic E-state index is -0.622. The van der Waals surface area contributed by atoms with Crippen LogP contribution in [0.15, 0.2) is 0 Å². The summed E-state index contributed by atoms with van der Waals surface area (Å²) in [4.78, 5) is 11.8. The first-order valence-electron chi connectivity index (χ1n) is 6.94. The lowest BCUT2D eigenvalue weighted by Crippen LogP contribution is -2.60. The number of hydrogen-bond acceptors (Lipinski definition) is 2. The fourth-order valence-electron chi connectivity index (χ4n) is 2.54. The molecule has 1 aliphatic carbocycles. The van der Waals surface area contributed by atoms with Crippen LogP contribution < -0.4 is 16.4 Å². The van der Waals surface area contributed by atoms with Crippen LogP contribution in [0.25, 0.3) is 0 Å². The number of rotatable bonds is 5. The van der Waals surface area contributed by atoms with Crippen LogP contribution >= 0.6 is 0 Å². The molecule has 0 spiro atoms. The van der Waals surface area contributed by atoms with Crippen LogP contribution in [-0.4, -0.2) is 24.0 Å². The summed E-state index contributed by atoms with van der Waals surface area (Å²) in [5, 5.41) is 13.5. The summed E-state index contributed by atoms with van der Waals surface area (Å²) in [6.07, 6.45) is 5.68. The van der Waals surface area contributed by atoms with Gasteiger partial charge >= 0.3 is 6.03 Å². The molecule has 0 aromatic carbocycles. The third-order valence-corrected chi connectivity index (χ3v) is 3.94. The molecule has 0 radical (unpaired) electrons. The van der Waals surface area contributed by atoms with Gasteiger partial charge in [0.15, 0.2) is 0 Å². The highest BCUT2D eigenvalue weighted by atomic mass is 16.2. The molecule has 1 aliphatic rings. The molecule has 18 heavy (non-hydrogen) atoms. The zero-order valence-electron chi connectivity index (χ0n) is 11.5. The van der Waals surface area contributed by atoms with Crippen molar-refractivity contribution in [1.82, 2.24) is 10.6 Å². The van der Waals surface area contributed by atoms with Gasteiger partial charge in [0.25, 0.3) is 0 Å². The average Bonchev–Trinajstić information content (AvgIpc) is 2.37. The van der Waals surface area contributed by atoms with E-state index in [0.29, 0.717) is 12.5 Å². The predicted molar refractivity (Wildman–Crippen MR) is 73.7 cm³/mol. The molecular formula is C13H26N4O. The molecule has 1 saturated carbocycles. The van der Waals surface area contributed by atoms with E-state index in [4.69, 9.17) is 11.1 Å². The average molecular weight is 254 g/mol. The van der Waals surface area contributed by atoms with E-state index in [1.807, 2.05) is 6.92 Å². The van der Waals surface area contributed by atoms with Crippen molar-refractivity contribution in [1.29, 1.82) is 5.41 Å². The van der Waals surface area contributed by atoms with Crippen molar-refractivity contribution in [2.24, 2.45) is 11.7 Å². The maximum atomic E-state index is 11.8. The maximum Gasteiger partial charge on any atom is 0.315 e. The minimum absolute atomic E-state index is 0.0868. The topological polar surface area (TPSA) is 91.0 Å². The monoisotopic (exact) mass is 254 g/mol. The summed E-state index contributed by atoms with van der Waals surface area (Å²) in [5.41, 5.74) is 5.09. The Labute approximate surface area is 109 Å². The third-order valence-electron chi connectivity index (χ3n) is 3.94. The summed E-state index contributed by atoms with van der Waals surface area (Å²) in [6, 6.07) is -0.206. The van der Waals surface area contributed by atoms with E-state index < -0.39 is 5.54 Å². The Hall–Kier alpha value is -1.26. The summed E-state index contributed by atoms with van der Waals surface area (Å²) < 4.78 is 0. The number of urea groups is 1. The number of nitrogens with two attached hydrogens (primary N) is 1. The van der Waals surface area contributed by atoms with Crippen LogP contribution in [0.3, 0.4) is 0 Å². The van der Waals surface area contributed by atoms with E-state index in [-0.39, 0.29) is 11.9 Å². The molecule has 104 valence electrons. The Morgan fingerprint density at radius 2 is 2.00 bits per heavy atom. The molecule has 0 aromatic heterocycles. The minimum Gasteiger partial charge on any atom is -0.386 e.